The predicted molar refractivity (Wildman–Crippen MR) is 84.6 cm³/mol. The maximum Gasteiger partial charge on any atom is 0.325 e. The lowest BCUT2D eigenvalue weighted by molar-refractivity contribution is -0.137. The lowest BCUT2D eigenvalue weighted by Crippen LogP contribution is -2.51. The highest BCUT2D eigenvalue weighted by molar-refractivity contribution is 6.09. The maximum absolute atomic E-state index is 12.6. The summed E-state index contributed by atoms with van der Waals surface area (Å²) in [5.74, 6) is -0.0692. The summed E-state index contributed by atoms with van der Waals surface area (Å²) in [4.78, 5) is 38.3. The third-order valence-electron chi connectivity index (χ3n) is 5.38. The van der Waals surface area contributed by atoms with E-state index in [4.69, 9.17) is 0 Å². The Kier molecular flexibility index (Phi) is 4.57. The Balaban J connectivity index is 1.58. The van der Waals surface area contributed by atoms with E-state index in [0.717, 1.165) is 43.7 Å². The van der Waals surface area contributed by atoms with Gasteiger partial charge in [0.1, 0.15) is 11.6 Å². The van der Waals surface area contributed by atoms with Crippen molar-refractivity contribution in [1.82, 2.24) is 20.9 Å². The SMILES string of the molecule is CC(C(=O)NCC1CCCNC1)N1C(=O)NC2(CCCC2)C1=O. The molecule has 1 saturated carbocycles. The lowest BCUT2D eigenvalue weighted by atomic mass is 9.97. The highest BCUT2D eigenvalue weighted by Crippen LogP contribution is 2.35. The number of amides is 4. The number of piperidine rings is 1. The Bertz CT molecular complexity index is 496. The molecule has 3 aliphatic rings. The van der Waals surface area contributed by atoms with Crippen molar-refractivity contribution < 1.29 is 14.4 Å². The Hall–Kier alpha value is -1.63. The normalized spacial score (nSPS) is 28.0. The summed E-state index contributed by atoms with van der Waals surface area (Å²) in [5.41, 5.74) is -0.751. The van der Waals surface area contributed by atoms with Crippen LogP contribution in [0.15, 0.2) is 0 Å². The number of carbonyl (C=O) groups excluding carboxylic acids is 3. The van der Waals surface area contributed by atoms with Crippen molar-refractivity contribution in [3.05, 3.63) is 0 Å². The summed E-state index contributed by atoms with van der Waals surface area (Å²) in [5, 5.41) is 9.02. The van der Waals surface area contributed by atoms with Gasteiger partial charge < -0.3 is 16.0 Å². The Morgan fingerprint density at radius 3 is 2.74 bits per heavy atom. The fourth-order valence-electron chi connectivity index (χ4n) is 3.92. The molecule has 2 aliphatic heterocycles. The van der Waals surface area contributed by atoms with Crippen molar-refractivity contribution in [2.45, 2.75) is 57.0 Å². The van der Waals surface area contributed by atoms with Crippen LogP contribution in [0.1, 0.15) is 45.4 Å². The average Bonchev–Trinajstić information content (AvgIpc) is 3.11. The average molecular weight is 322 g/mol. The van der Waals surface area contributed by atoms with Crippen LogP contribution in [0.5, 0.6) is 0 Å². The van der Waals surface area contributed by atoms with Gasteiger partial charge in [-0.3, -0.25) is 9.59 Å². The molecule has 1 spiro atoms. The predicted octanol–water partition coefficient (Wildman–Crippen LogP) is 0.355. The Morgan fingerprint density at radius 2 is 2.09 bits per heavy atom. The highest BCUT2D eigenvalue weighted by atomic mass is 16.2. The molecule has 23 heavy (non-hydrogen) atoms. The quantitative estimate of drug-likeness (QED) is 0.652. The maximum atomic E-state index is 12.6. The van der Waals surface area contributed by atoms with Crippen molar-refractivity contribution in [1.29, 1.82) is 0 Å². The standard InChI is InChI=1S/C16H26N4O3/c1-11(13(21)18-10-12-5-4-8-17-9-12)20-14(22)16(19-15(20)23)6-2-3-7-16/h11-12,17H,2-10H2,1H3,(H,18,21)(H,19,23). The van der Waals surface area contributed by atoms with E-state index in [0.29, 0.717) is 25.3 Å². The number of rotatable bonds is 4. The van der Waals surface area contributed by atoms with E-state index in [-0.39, 0.29) is 11.8 Å². The summed E-state index contributed by atoms with van der Waals surface area (Å²) < 4.78 is 0. The van der Waals surface area contributed by atoms with E-state index in [1.165, 1.54) is 0 Å². The lowest BCUT2D eigenvalue weighted by Gasteiger charge is -2.26. The molecule has 0 aromatic heterocycles. The number of carbonyl (C=O) groups is 3. The first-order chi connectivity index (χ1) is 11.0. The number of nitrogens with one attached hydrogen (secondary N) is 3. The van der Waals surface area contributed by atoms with Gasteiger partial charge in [-0.15, -0.1) is 0 Å². The fraction of sp³-hybridized carbons (Fsp3) is 0.812. The molecule has 0 aromatic rings. The second kappa shape index (κ2) is 6.47. The minimum atomic E-state index is -0.765. The first-order valence-corrected chi connectivity index (χ1v) is 8.68. The van der Waals surface area contributed by atoms with E-state index >= 15 is 0 Å². The monoisotopic (exact) mass is 322 g/mol. The first-order valence-electron chi connectivity index (χ1n) is 8.68. The van der Waals surface area contributed by atoms with E-state index in [1.54, 1.807) is 6.92 Å². The molecule has 2 unspecified atom stereocenters. The molecule has 2 heterocycles. The van der Waals surface area contributed by atoms with Crippen molar-refractivity contribution in [2.24, 2.45) is 5.92 Å². The summed E-state index contributed by atoms with van der Waals surface area (Å²) in [6, 6.07) is -1.20. The summed E-state index contributed by atoms with van der Waals surface area (Å²) in [6.07, 6.45) is 5.44. The first kappa shape index (κ1) is 16.2. The molecule has 4 amide bonds. The molecule has 7 nitrogen and oxygen atoms in total. The second-order valence-corrected chi connectivity index (χ2v) is 7.03. The van der Waals surface area contributed by atoms with Gasteiger partial charge in [0.25, 0.3) is 5.91 Å². The number of hydrogen-bond acceptors (Lipinski definition) is 4. The molecule has 1 aliphatic carbocycles. The van der Waals surface area contributed by atoms with Crippen LogP contribution in [-0.4, -0.2) is 54.0 Å². The molecule has 3 N–H and O–H groups in total. The van der Waals surface area contributed by atoms with Gasteiger partial charge in [-0.2, -0.15) is 0 Å². The van der Waals surface area contributed by atoms with Gasteiger partial charge in [0.05, 0.1) is 0 Å². The van der Waals surface area contributed by atoms with Crippen molar-refractivity contribution in [3.63, 3.8) is 0 Å². The highest BCUT2D eigenvalue weighted by Gasteiger charge is 2.54. The minimum absolute atomic E-state index is 0.234. The zero-order chi connectivity index (χ0) is 16.4. The molecule has 7 heteroatoms. The van der Waals surface area contributed by atoms with Gasteiger partial charge in [-0.05, 0) is 51.6 Å². The van der Waals surface area contributed by atoms with Crippen LogP contribution in [0.4, 0.5) is 4.79 Å². The van der Waals surface area contributed by atoms with Crippen molar-refractivity contribution in [2.75, 3.05) is 19.6 Å². The van der Waals surface area contributed by atoms with E-state index in [2.05, 4.69) is 16.0 Å². The van der Waals surface area contributed by atoms with Gasteiger partial charge in [0, 0.05) is 6.54 Å². The molecular formula is C16H26N4O3. The van der Waals surface area contributed by atoms with Gasteiger partial charge in [0.15, 0.2) is 0 Å². The molecule has 0 aromatic carbocycles. The van der Waals surface area contributed by atoms with Crippen molar-refractivity contribution in [3.8, 4) is 0 Å². The number of hydrogen-bond donors (Lipinski definition) is 3. The second-order valence-electron chi connectivity index (χ2n) is 7.03. The molecule has 128 valence electrons. The van der Waals surface area contributed by atoms with Crippen LogP contribution in [0, 0.1) is 5.92 Å². The molecule has 0 radical (unpaired) electrons. The summed E-state index contributed by atoms with van der Waals surface area (Å²) in [7, 11) is 0. The van der Waals surface area contributed by atoms with E-state index in [1.807, 2.05) is 0 Å². The van der Waals surface area contributed by atoms with E-state index in [9.17, 15) is 14.4 Å². The van der Waals surface area contributed by atoms with Crippen LogP contribution < -0.4 is 16.0 Å². The molecule has 2 atom stereocenters. The summed E-state index contributed by atoms with van der Waals surface area (Å²) in [6.45, 7) is 4.15. The zero-order valence-corrected chi connectivity index (χ0v) is 13.7. The minimum Gasteiger partial charge on any atom is -0.354 e. The van der Waals surface area contributed by atoms with Crippen LogP contribution in [0.25, 0.3) is 0 Å². The molecular weight excluding hydrogens is 296 g/mol. The topological polar surface area (TPSA) is 90.5 Å². The van der Waals surface area contributed by atoms with Gasteiger partial charge >= 0.3 is 6.03 Å². The van der Waals surface area contributed by atoms with Crippen LogP contribution in [0.2, 0.25) is 0 Å². The molecule has 0 bridgehead atoms. The van der Waals surface area contributed by atoms with Gasteiger partial charge in [0.2, 0.25) is 5.91 Å². The number of urea groups is 1. The molecule has 3 fully saturated rings. The number of nitrogens with zero attached hydrogens (tertiary/aromatic N) is 1. The smallest absolute Gasteiger partial charge is 0.325 e. The largest absolute Gasteiger partial charge is 0.354 e. The van der Waals surface area contributed by atoms with Crippen LogP contribution in [-0.2, 0) is 9.59 Å². The Morgan fingerprint density at radius 1 is 1.35 bits per heavy atom. The van der Waals surface area contributed by atoms with Crippen molar-refractivity contribution >= 4 is 17.8 Å². The number of imide groups is 1. The molecule has 2 saturated heterocycles. The summed E-state index contributed by atoms with van der Waals surface area (Å²) >= 11 is 0. The molecule has 3 rings (SSSR count). The third kappa shape index (κ3) is 3.06. The van der Waals surface area contributed by atoms with Crippen LogP contribution in [0.3, 0.4) is 0 Å². The zero-order valence-electron chi connectivity index (χ0n) is 13.7. The third-order valence-corrected chi connectivity index (χ3v) is 5.38. The van der Waals surface area contributed by atoms with E-state index < -0.39 is 17.6 Å². The van der Waals surface area contributed by atoms with Gasteiger partial charge in [-0.1, -0.05) is 12.8 Å². The van der Waals surface area contributed by atoms with Gasteiger partial charge in [-0.25, -0.2) is 9.69 Å². The fourth-order valence-corrected chi connectivity index (χ4v) is 3.92. The Labute approximate surface area is 136 Å². The van der Waals surface area contributed by atoms with Crippen LogP contribution >= 0.6 is 0 Å².